The van der Waals surface area contributed by atoms with E-state index in [0.717, 1.165) is 42.6 Å². The summed E-state index contributed by atoms with van der Waals surface area (Å²) in [6.45, 7) is 3.46. The third-order valence-electron chi connectivity index (χ3n) is 6.22. The van der Waals surface area contributed by atoms with E-state index in [4.69, 9.17) is 4.42 Å². The van der Waals surface area contributed by atoms with Crippen molar-refractivity contribution in [3.05, 3.63) is 89.5 Å². The Morgan fingerprint density at radius 3 is 2.24 bits per heavy atom. The van der Waals surface area contributed by atoms with Crippen molar-refractivity contribution in [1.82, 2.24) is 15.1 Å². The molecule has 0 unspecified atom stereocenters. The Bertz CT molecular complexity index is 1250. The number of rotatable bonds is 4. The van der Waals surface area contributed by atoms with E-state index in [0.29, 0.717) is 23.3 Å². The van der Waals surface area contributed by atoms with E-state index in [1.807, 2.05) is 72.5 Å². The standard InChI is InChI=1S/C27H25N3O3/c1-18-3-2-4-23(17-18)26-29-28-25(33-26)21-5-7-22(8-6-21)27(32)30-15-13-20(14-16-30)19-9-11-24(31)12-10-19/h2-12,17,20,31H,13-16H2,1H3. The van der Waals surface area contributed by atoms with Gasteiger partial charge in [0, 0.05) is 29.8 Å². The molecule has 1 saturated heterocycles. The quantitative estimate of drug-likeness (QED) is 0.458. The molecule has 166 valence electrons. The minimum Gasteiger partial charge on any atom is -0.508 e. The van der Waals surface area contributed by atoms with Gasteiger partial charge in [0.15, 0.2) is 0 Å². The maximum Gasteiger partial charge on any atom is 0.253 e. The average molecular weight is 440 g/mol. The highest BCUT2D eigenvalue weighted by Gasteiger charge is 2.24. The van der Waals surface area contributed by atoms with Crippen molar-refractivity contribution in [3.8, 4) is 28.7 Å². The van der Waals surface area contributed by atoms with Crippen molar-refractivity contribution in [1.29, 1.82) is 0 Å². The van der Waals surface area contributed by atoms with E-state index in [-0.39, 0.29) is 11.7 Å². The predicted octanol–water partition coefficient (Wildman–Crippen LogP) is 5.44. The van der Waals surface area contributed by atoms with E-state index >= 15 is 0 Å². The Morgan fingerprint density at radius 1 is 0.909 bits per heavy atom. The molecule has 4 aromatic rings. The molecule has 33 heavy (non-hydrogen) atoms. The minimum absolute atomic E-state index is 0.0386. The second-order valence-electron chi connectivity index (χ2n) is 8.52. The number of aryl methyl sites for hydroxylation is 1. The number of hydrogen-bond acceptors (Lipinski definition) is 5. The van der Waals surface area contributed by atoms with Gasteiger partial charge in [0.1, 0.15) is 5.75 Å². The molecule has 0 radical (unpaired) electrons. The van der Waals surface area contributed by atoms with Crippen LogP contribution in [0, 0.1) is 6.92 Å². The number of likely N-dealkylation sites (tertiary alicyclic amines) is 1. The van der Waals surface area contributed by atoms with E-state index < -0.39 is 0 Å². The van der Waals surface area contributed by atoms with Gasteiger partial charge in [-0.1, -0.05) is 29.8 Å². The van der Waals surface area contributed by atoms with Crippen LogP contribution >= 0.6 is 0 Å². The second-order valence-corrected chi connectivity index (χ2v) is 8.52. The number of phenolic OH excluding ortho intramolecular Hbond substituents is 1. The Balaban J connectivity index is 1.24. The molecule has 0 atom stereocenters. The number of aromatic hydroxyl groups is 1. The molecule has 1 amide bonds. The molecule has 0 aliphatic carbocycles. The Labute approximate surface area is 192 Å². The Hall–Kier alpha value is -3.93. The summed E-state index contributed by atoms with van der Waals surface area (Å²) in [5.41, 5.74) is 4.66. The van der Waals surface area contributed by atoms with Crippen molar-refractivity contribution in [3.63, 3.8) is 0 Å². The van der Waals surface area contributed by atoms with Crippen LogP contribution in [0.1, 0.15) is 40.2 Å². The lowest BCUT2D eigenvalue weighted by Gasteiger charge is -2.32. The molecule has 3 aromatic carbocycles. The van der Waals surface area contributed by atoms with Crippen molar-refractivity contribution in [2.75, 3.05) is 13.1 Å². The molecule has 6 heteroatoms. The molecule has 0 saturated carbocycles. The van der Waals surface area contributed by atoms with Gasteiger partial charge in [-0.25, -0.2) is 0 Å². The highest BCUT2D eigenvalue weighted by atomic mass is 16.4. The van der Waals surface area contributed by atoms with Crippen molar-refractivity contribution in [2.24, 2.45) is 0 Å². The van der Waals surface area contributed by atoms with Crippen LogP contribution in [0.5, 0.6) is 5.75 Å². The molecule has 6 nitrogen and oxygen atoms in total. The second kappa shape index (κ2) is 8.90. The smallest absolute Gasteiger partial charge is 0.253 e. The zero-order valence-electron chi connectivity index (χ0n) is 18.4. The maximum absolute atomic E-state index is 13.0. The lowest BCUT2D eigenvalue weighted by molar-refractivity contribution is 0.0713. The van der Waals surface area contributed by atoms with Crippen LogP contribution in [-0.2, 0) is 0 Å². The largest absolute Gasteiger partial charge is 0.508 e. The molecule has 0 bridgehead atoms. The molecule has 1 fully saturated rings. The lowest BCUT2D eigenvalue weighted by Crippen LogP contribution is -2.37. The fourth-order valence-corrected chi connectivity index (χ4v) is 4.33. The monoisotopic (exact) mass is 439 g/mol. The summed E-state index contributed by atoms with van der Waals surface area (Å²) in [7, 11) is 0. The maximum atomic E-state index is 13.0. The van der Waals surface area contributed by atoms with Crippen LogP contribution < -0.4 is 0 Å². The van der Waals surface area contributed by atoms with E-state index in [9.17, 15) is 9.90 Å². The van der Waals surface area contributed by atoms with Crippen LogP contribution in [0.4, 0.5) is 0 Å². The minimum atomic E-state index is 0.0386. The zero-order chi connectivity index (χ0) is 22.8. The van der Waals surface area contributed by atoms with Gasteiger partial charge in [-0.2, -0.15) is 0 Å². The number of nitrogens with zero attached hydrogens (tertiary/aromatic N) is 3. The summed E-state index contributed by atoms with van der Waals surface area (Å²) < 4.78 is 5.86. The number of phenols is 1. The number of benzene rings is 3. The van der Waals surface area contributed by atoms with Gasteiger partial charge in [0.25, 0.3) is 5.91 Å². The normalized spacial score (nSPS) is 14.4. The van der Waals surface area contributed by atoms with Crippen LogP contribution in [0.25, 0.3) is 22.9 Å². The first-order valence-electron chi connectivity index (χ1n) is 11.2. The van der Waals surface area contributed by atoms with E-state index in [1.165, 1.54) is 5.56 Å². The third kappa shape index (κ3) is 4.51. The molecule has 1 aliphatic heterocycles. The van der Waals surface area contributed by atoms with Crippen LogP contribution in [0.3, 0.4) is 0 Å². The number of carbonyl (C=O) groups excluding carboxylic acids is 1. The van der Waals surface area contributed by atoms with E-state index in [2.05, 4.69) is 10.2 Å². The number of piperidine rings is 1. The average Bonchev–Trinajstić information content (AvgIpc) is 3.35. The fraction of sp³-hybridized carbons (Fsp3) is 0.222. The summed E-state index contributed by atoms with van der Waals surface area (Å²) in [6.07, 6.45) is 1.83. The molecule has 1 aliphatic rings. The number of carbonyl (C=O) groups is 1. The van der Waals surface area contributed by atoms with Gasteiger partial charge < -0.3 is 14.4 Å². The van der Waals surface area contributed by atoms with Gasteiger partial charge in [-0.05, 0) is 79.8 Å². The molecular weight excluding hydrogens is 414 g/mol. The summed E-state index contributed by atoms with van der Waals surface area (Å²) in [6, 6.07) is 22.7. The van der Waals surface area contributed by atoms with Gasteiger partial charge in [0.05, 0.1) is 0 Å². The highest BCUT2D eigenvalue weighted by molar-refractivity contribution is 5.94. The van der Waals surface area contributed by atoms with Crippen LogP contribution in [0.2, 0.25) is 0 Å². The molecule has 1 aromatic heterocycles. The highest BCUT2D eigenvalue weighted by Crippen LogP contribution is 2.30. The molecule has 2 heterocycles. The van der Waals surface area contributed by atoms with Crippen LogP contribution in [-0.4, -0.2) is 39.2 Å². The number of hydrogen-bond donors (Lipinski definition) is 1. The number of aromatic nitrogens is 2. The first kappa shape index (κ1) is 20.9. The summed E-state index contributed by atoms with van der Waals surface area (Å²) in [5, 5.41) is 17.8. The molecule has 0 spiro atoms. The van der Waals surface area contributed by atoms with E-state index in [1.54, 1.807) is 12.1 Å². The van der Waals surface area contributed by atoms with Crippen molar-refractivity contribution in [2.45, 2.75) is 25.7 Å². The van der Waals surface area contributed by atoms with Gasteiger partial charge in [0.2, 0.25) is 11.8 Å². The van der Waals surface area contributed by atoms with Gasteiger partial charge >= 0.3 is 0 Å². The first-order chi connectivity index (χ1) is 16.1. The SMILES string of the molecule is Cc1cccc(-c2nnc(-c3ccc(C(=O)N4CCC(c5ccc(O)cc5)CC4)cc3)o2)c1. The Kier molecular flexibility index (Phi) is 5.65. The third-order valence-corrected chi connectivity index (χ3v) is 6.22. The number of amides is 1. The lowest BCUT2D eigenvalue weighted by atomic mass is 9.89. The summed E-state index contributed by atoms with van der Waals surface area (Å²) in [4.78, 5) is 14.9. The van der Waals surface area contributed by atoms with Gasteiger partial charge in [-0.15, -0.1) is 10.2 Å². The van der Waals surface area contributed by atoms with Crippen LogP contribution in [0.15, 0.2) is 77.2 Å². The summed E-state index contributed by atoms with van der Waals surface area (Å²) in [5.74, 6) is 1.64. The molecular formula is C27H25N3O3. The van der Waals surface area contributed by atoms with Crippen molar-refractivity contribution >= 4 is 5.91 Å². The molecule has 1 N–H and O–H groups in total. The fourth-order valence-electron chi connectivity index (χ4n) is 4.33. The Morgan fingerprint density at radius 2 is 1.58 bits per heavy atom. The first-order valence-corrected chi connectivity index (χ1v) is 11.2. The topological polar surface area (TPSA) is 79.5 Å². The van der Waals surface area contributed by atoms with Crippen molar-refractivity contribution < 1.29 is 14.3 Å². The predicted molar refractivity (Wildman–Crippen MR) is 126 cm³/mol. The summed E-state index contributed by atoms with van der Waals surface area (Å²) >= 11 is 0. The molecule has 5 rings (SSSR count). The zero-order valence-corrected chi connectivity index (χ0v) is 18.4. The van der Waals surface area contributed by atoms with Gasteiger partial charge in [-0.3, -0.25) is 4.79 Å².